The van der Waals surface area contributed by atoms with E-state index in [1.165, 1.54) is 12.3 Å². The van der Waals surface area contributed by atoms with Crippen molar-refractivity contribution in [2.45, 2.75) is 19.2 Å². The van der Waals surface area contributed by atoms with E-state index in [1.54, 1.807) is 6.92 Å². The van der Waals surface area contributed by atoms with Crippen LogP contribution in [0.4, 0.5) is 13.2 Å². The van der Waals surface area contributed by atoms with Gasteiger partial charge in [-0.05, 0) is 24.6 Å². The van der Waals surface area contributed by atoms with E-state index in [2.05, 4.69) is 4.98 Å². The van der Waals surface area contributed by atoms with Gasteiger partial charge < -0.3 is 5.11 Å². The predicted molar refractivity (Wildman–Crippen MR) is 40.0 cm³/mol. The van der Waals surface area contributed by atoms with Gasteiger partial charge in [-0.3, -0.25) is 4.98 Å². The molecular formula is C8H8F3NO. The van der Waals surface area contributed by atoms with Gasteiger partial charge in [0.2, 0.25) is 0 Å². The molecule has 0 saturated carbocycles. The van der Waals surface area contributed by atoms with Crippen molar-refractivity contribution in [2.75, 3.05) is 0 Å². The molecule has 5 heteroatoms. The molecule has 1 rings (SSSR count). The molecule has 0 saturated heterocycles. The number of halogens is 3. The summed E-state index contributed by atoms with van der Waals surface area (Å²) in [7, 11) is 0. The molecule has 13 heavy (non-hydrogen) atoms. The van der Waals surface area contributed by atoms with Crippen LogP contribution in [0.2, 0.25) is 0 Å². The van der Waals surface area contributed by atoms with Crippen molar-refractivity contribution in [3.05, 3.63) is 29.6 Å². The Morgan fingerprint density at radius 1 is 1.46 bits per heavy atom. The summed E-state index contributed by atoms with van der Waals surface area (Å²) >= 11 is 0. The number of rotatable bonds is 1. The summed E-state index contributed by atoms with van der Waals surface area (Å²) < 4.78 is 36.0. The Bertz CT molecular complexity index is 298. The van der Waals surface area contributed by atoms with Crippen LogP contribution in [0.5, 0.6) is 0 Å². The van der Waals surface area contributed by atoms with Crippen LogP contribution >= 0.6 is 0 Å². The number of aryl methyl sites for hydroxylation is 1. The first-order valence-corrected chi connectivity index (χ1v) is 3.58. The Kier molecular flexibility index (Phi) is 2.56. The molecule has 0 unspecified atom stereocenters. The molecule has 1 aromatic rings. The average Bonchev–Trinajstić information content (AvgIpc) is 2.01. The molecule has 0 bridgehead atoms. The Labute approximate surface area is 73.0 Å². The van der Waals surface area contributed by atoms with Gasteiger partial charge in [0.25, 0.3) is 0 Å². The minimum atomic E-state index is -4.62. The van der Waals surface area contributed by atoms with Gasteiger partial charge in [0, 0.05) is 11.9 Å². The molecule has 2 nitrogen and oxygen atoms in total. The van der Waals surface area contributed by atoms with Gasteiger partial charge in [-0.25, -0.2) is 0 Å². The first-order valence-electron chi connectivity index (χ1n) is 3.58. The summed E-state index contributed by atoms with van der Waals surface area (Å²) in [6.07, 6.45) is -5.80. The molecule has 0 aliphatic carbocycles. The van der Waals surface area contributed by atoms with E-state index < -0.39 is 12.3 Å². The van der Waals surface area contributed by atoms with Gasteiger partial charge >= 0.3 is 6.18 Å². The van der Waals surface area contributed by atoms with E-state index in [0.717, 1.165) is 6.07 Å². The number of alkyl halides is 3. The Morgan fingerprint density at radius 2 is 2.08 bits per heavy atom. The minimum Gasteiger partial charge on any atom is -0.379 e. The topological polar surface area (TPSA) is 33.1 Å². The fourth-order valence-corrected chi connectivity index (χ4v) is 0.927. The van der Waals surface area contributed by atoms with Crippen LogP contribution in [0.1, 0.15) is 17.4 Å². The van der Waals surface area contributed by atoms with E-state index >= 15 is 0 Å². The normalized spacial score (nSPS) is 14.2. The van der Waals surface area contributed by atoms with Crippen LogP contribution < -0.4 is 0 Å². The number of aromatic nitrogens is 1. The van der Waals surface area contributed by atoms with Gasteiger partial charge in [0.15, 0.2) is 6.10 Å². The maximum Gasteiger partial charge on any atom is 0.418 e. The van der Waals surface area contributed by atoms with Crippen LogP contribution in [-0.4, -0.2) is 16.3 Å². The number of hydrogen-bond donors (Lipinski definition) is 1. The lowest BCUT2D eigenvalue weighted by atomic mass is 10.1. The molecule has 0 aliphatic heterocycles. The summed E-state index contributed by atoms with van der Waals surface area (Å²) in [5, 5.41) is 8.83. The fraction of sp³-hybridized carbons (Fsp3) is 0.375. The second-order valence-electron chi connectivity index (χ2n) is 2.67. The van der Waals surface area contributed by atoms with Crippen molar-refractivity contribution in [3.63, 3.8) is 0 Å². The number of aliphatic hydroxyl groups is 1. The average molecular weight is 191 g/mol. The first-order chi connectivity index (χ1) is 5.91. The zero-order chi connectivity index (χ0) is 10.1. The van der Waals surface area contributed by atoms with Gasteiger partial charge in [-0.1, -0.05) is 0 Å². The lowest BCUT2D eigenvalue weighted by Gasteiger charge is -2.14. The Hall–Kier alpha value is -1.10. The maximum atomic E-state index is 12.0. The van der Waals surface area contributed by atoms with E-state index in [9.17, 15) is 13.2 Å². The smallest absolute Gasteiger partial charge is 0.379 e. The highest BCUT2D eigenvalue weighted by molar-refractivity contribution is 5.19. The molecule has 0 spiro atoms. The zero-order valence-electron chi connectivity index (χ0n) is 6.84. The second kappa shape index (κ2) is 3.33. The third-order valence-electron chi connectivity index (χ3n) is 1.55. The first kappa shape index (κ1) is 9.98. The summed E-state index contributed by atoms with van der Waals surface area (Å²) in [6.45, 7) is 1.56. The standard InChI is InChI=1S/C8H8F3NO/c1-5-4-6(2-3-12-5)7(13)8(9,10)11/h2-4,7,13H,1H3/t7-/m1/s1. The molecule has 0 fully saturated rings. The van der Waals surface area contributed by atoms with Crippen LogP contribution in [0.15, 0.2) is 18.3 Å². The minimum absolute atomic E-state index is 0.181. The highest BCUT2D eigenvalue weighted by atomic mass is 19.4. The molecule has 1 aromatic heterocycles. The Balaban J connectivity index is 2.96. The highest BCUT2D eigenvalue weighted by Crippen LogP contribution is 2.32. The molecule has 1 heterocycles. The fourth-order valence-electron chi connectivity index (χ4n) is 0.927. The van der Waals surface area contributed by atoms with E-state index in [0.29, 0.717) is 5.69 Å². The molecule has 0 amide bonds. The molecule has 72 valence electrons. The van der Waals surface area contributed by atoms with Crippen molar-refractivity contribution >= 4 is 0 Å². The highest BCUT2D eigenvalue weighted by Gasteiger charge is 2.39. The van der Waals surface area contributed by atoms with E-state index in [4.69, 9.17) is 5.11 Å². The number of hydrogen-bond acceptors (Lipinski definition) is 2. The summed E-state index contributed by atoms with van der Waals surface area (Å²) in [4.78, 5) is 3.73. The van der Waals surface area contributed by atoms with E-state index in [1.807, 2.05) is 0 Å². The second-order valence-corrected chi connectivity index (χ2v) is 2.67. The van der Waals surface area contributed by atoms with Crippen LogP contribution in [0, 0.1) is 6.92 Å². The third kappa shape index (κ3) is 2.42. The largest absolute Gasteiger partial charge is 0.418 e. The quantitative estimate of drug-likeness (QED) is 0.736. The molecule has 1 atom stereocenters. The number of aliphatic hydroxyl groups excluding tert-OH is 1. The SMILES string of the molecule is Cc1cc([C@@H](O)C(F)(F)F)ccn1. The van der Waals surface area contributed by atoms with Gasteiger partial charge in [-0.15, -0.1) is 0 Å². The summed E-state index contributed by atoms with van der Waals surface area (Å²) in [5.74, 6) is 0. The summed E-state index contributed by atoms with van der Waals surface area (Å²) in [6, 6.07) is 2.35. The molecule has 0 radical (unpaired) electrons. The lowest BCUT2D eigenvalue weighted by Crippen LogP contribution is -2.20. The maximum absolute atomic E-state index is 12.0. The third-order valence-corrected chi connectivity index (χ3v) is 1.55. The Morgan fingerprint density at radius 3 is 2.54 bits per heavy atom. The molecular weight excluding hydrogens is 183 g/mol. The number of pyridine rings is 1. The van der Waals surface area contributed by atoms with Crippen LogP contribution in [0.3, 0.4) is 0 Å². The number of nitrogens with zero attached hydrogens (tertiary/aromatic N) is 1. The van der Waals surface area contributed by atoms with Gasteiger partial charge in [-0.2, -0.15) is 13.2 Å². The van der Waals surface area contributed by atoms with Crippen molar-refractivity contribution in [1.82, 2.24) is 4.98 Å². The summed E-state index contributed by atoms with van der Waals surface area (Å²) in [5.41, 5.74) is 0.265. The van der Waals surface area contributed by atoms with Crippen molar-refractivity contribution in [1.29, 1.82) is 0 Å². The molecule has 1 N–H and O–H groups in total. The van der Waals surface area contributed by atoms with Crippen LogP contribution in [0.25, 0.3) is 0 Å². The van der Waals surface area contributed by atoms with Gasteiger partial charge in [0.05, 0.1) is 0 Å². The van der Waals surface area contributed by atoms with Crippen LogP contribution in [-0.2, 0) is 0 Å². The lowest BCUT2D eigenvalue weighted by molar-refractivity contribution is -0.206. The zero-order valence-corrected chi connectivity index (χ0v) is 6.84. The molecule has 0 aromatic carbocycles. The van der Waals surface area contributed by atoms with E-state index in [-0.39, 0.29) is 5.56 Å². The van der Waals surface area contributed by atoms with Crippen molar-refractivity contribution in [2.24, 2.45) is 0 Å². The van der Waals surface area contributed by atoms with Gasteiger partial charge in [0.1, 0.15) is 0 Å². The molecule has 0 aliphatic rings. The monoisotopic (exact) mass is 191 g/mol. The van der Waals surface area contributed by atoms with Crippen molar-refractivity contribution < 1.29 is 18.3 Å². The predicted octanol–water partition coefficient (Wildman–Crippen LogP) is 1.99. The van der Waals surface area contributed by atoms with Crippen molar-refractivity contribution in [3.8, 4) is 0 Å².